The van der Waals surface area contributed by atoms with Crippen LogP contribution in [0, 0.1) is 6.92 Å². The van der Waals surface area contributed by atoms with Crippen LogP contribution in [0.2, 0.25) is 0 Å². The van der Waals surface area contributed by atoms with Crippen molar-refractivity contribution in [2.45, 2.75) is 32.2 Å². The number of carboxylic acid groups (broad SMARTS) is 1. The van der Waals surface area contributed by atoms with Crippen LogP contribution < -0.4 is 0 Å². The molecule has 1 unspecified atom stereocenters. The number of hydrogen-bond acceptors (Lipinski definition) is 4. The molecule has 1 amide bonds. The van der Waals surface area contributed by atoms with Gasteiger partial charge in [0.2, 0.25) is 0 Å². The van der Waals surface area contributed by atoms with Gasteiger partial charge in [0, 0.05) is 18.3 Å². The molecule has 0 radical (unpaired) electrons. The van der Waals surface area contributed by atoms with Crippen molar-refractivity contribution in [1.29, 1.82) is 0 Å². The zero-order valence-electron chi connectivity index (χ0n) is 12.9. The van der Waals surface area contributed by atoms with E-state index < -0.39 is 12.0 Å². The molecule has 6 heteroatoms. The third-order valence-corrected chi connectivity index (χ3v) is 4.89. The Hall–Kier alpha value is -2.21. The van der Waals surface area contributed by atoms with Crippen molar-refractivity contribution in [3.8, 4) is 0 Å². The summed E-state index contributed by atoms with van der Waals surface area (Å²) in [6.45, 7) is 2.53. The van der Waals surface area contributed by atoms with Gasteiger partial charge in [-0.15, -0.1) is 11.3 Å². The molecule has 1 aliphatic rings. The monoisotopic (exact) mass is 330 g/mol. The van der Waals surface area contributed by atoms with E-state index in [0.717, 1.165) is 17.0 Å². The largest absolute Gasteiger partial charge is 0.480 e. The van der Waals surface area contributed by atoms with Gasteiger partial charge in [0.05, 0.1) is 5.01 Å². The van der Waals surface area contributed by atoms with Gasteiger partial charge in [-0.1, -0.05) is 29.8 Å². The molecule has 1 aromatic carbocycles. The Labute approximate surface area is 138 Å². The molecular weight excluding hydrogens is 312 g/mol. The predicted octanol–water partition coefficient (Wildman–Crippen LogP) is 2.73. The fourth-order valence-corrected chi connectivity index (χ4v) is 3.59. The molecule has 1 aromatic heterocycles. The summed E-state index contributed by atoms with van der Waals surface area (Å²) in [7, 11) is 0. The summed E-state index contributed by atoms with van der Waals surface area (Å²) >= 11 is 1.44. The van der Waals surface area contributed by atoms with E-state index in [4.69, 9.17) is 0 Å². The van der Waals surface area contributed by atoms with Crippen molar-refractivity contribution in [3.63, 3.8) is 0 Å². The first kappa shape index (κ1) is 15.7. The number of aromatic nitrogens is 1. The highest BCUT2D eigenvalue weighted by molar-refractivity contribution is 7.09. The van der Waals surface area contributed by atoms with Gasteiger partial charge in [-0.25, -0.2) is 9.78 Å². The minimum atomic E-state index is -0.939. The van der Waals surface area contributed by atoms with Crippen LogP contribution in [0.25, 0.3) is 0 Å². The predicted molar refractivity (Wildman–Crippen MR) is 87.8 cm³/mol. The molecule has 2 aromatic rings. The maximum Gasteiger partial charge on any atom is 0.326 e. The van der Waals surface area contributed by atoms with Crippen molar-refractivity contribution >= 4 is 23.2 Å². The summed E-state index contributed by atoms with van der Waals surface area (Å²) in [5, 5.41) is 11.8. The standard InChI is InChI=1S/C17H18N2O3S/c1-11-4-6-12(7-5-11)9-15-18-13(10-23-15)16(20)19-8-2-3-14(19)17(21)22/h4-7,10,14H,2-3,8-9H2,1H3,(H,21,22). The van der Waals surface area contributed by atoms with Crippen LogP contribution in [-0.4, -0.2) is 39.5 Å². The molecule has 1 saturated heterocycles. The first-order valence-electron chi connectivity index (χ1n) is 7.58. The Bertz CT molecular complexity index is 724. The average Bonchev–Trinajstić information content (AvgIpc) is 3.18. The fraction of sp³-hybridized carbons (Fsp3) is 0.353. The van der Waals surface area contributed by atoms with Crippen molar-refractivity contribution in [2.75, 3.05) is 6.54 Å². The van der Waals surface area contributed by atoms with Crippen LogP contribution in [0.4, 0.5) is 0 Å². The second kappa shape index (κ2) is 6.50. The Morgan fingerprint density at radius 2 is 2.09 bits per heavy atom. The number of carbonyl (C=O) groups is 2. The van der Waals surface area contributed by atoms with Gasteiger partial charge in [-0.05, 0) is 25.3 Å². The van der Waals surface area contributed by atoms with Crippen molar-refractivity contribution < 1.29 is 14.7 Å². The lowest BCUT2D eigenvalue weighted by Gasteiger charge is -2.20. The maximum absolute atomic E-state index is 12.5. The topological polar surface area (TPSA) is 70.5 Å². The number of hydrogen-bond donors (Lipinski definition) is 1. The van der Waals surface area contributed by atoms with Crippen LogP contribution in [0.3, 0.4) is 0 Å². The molecule has 1 N–H and O–H groups in total. The van der Waals surface area contributed by atoms with Gasteiger partial charge in [0.25, 0.3) is 5.91 Å². The molecule has 1 fully saturated rings. The highest BCUT2D eigenvalue weighted by Gasteiger charge is 2.35. The van der Waals surface area contributed by atoms with Gasteiger partial charge in [-0.3, -0.25) is 4.79 Å². The summed E-state index contributed by atoms with van der Waals surface area (Å²) in [5.41, 5.74) is 2.70. The Kier molecular flexibility index (Phi) is 4.43. The third-order valence-electron chi connectivity index (χ3n) is 4.05. The van der Waals surface area contributed by atoms with Gasteiger partial charge in [0.15, 0.2) is 0 Å². The summed E-state index contributed by atoms with van der Waals surface area (Å²) < 4.78 is 0. The Morgan fingerprint density at radius 1 is 1.35 bits per heavy atom. The van der Waals surface area contributed by atoms with E-state index in [-0.39, 0.29) is 5.91 Å². The maximum atomic E-state index is 12.5. The molecule has 5 nitrogen and oxygen atoms in total. The summed E-state index contributed by atoms with van der Waals surface area (Å²) in [4.78, 5) is 29.5. The number of aryl methyl sites for hydroxylation is 1. The molecule has 120 valence electrons. The second-order valence-electron chi connectivity index (χ2n) is 5.78. The van der Waals surface area contributed by atoms with Crippen LogP contribution in [0.15, 0.2) is 29.6 Å². The van der Waals surface area contributed by atoms with E-state index in [1.54, 1.807) is 5.38 Å². The highest BCUT2D eigenvalue weighted by Crippen LogP contribution is 2.22. The van der Waals surface area contributed by atoms with Gasteiger partial charge in [-0.2, -0.15) is 0 Å². The van der Waals surface area contributed by atoms with Crippen molar-refractivity contribution in [2.24, 2.45) is 0 Å². The van der Waals surface area contributed by atoms with Gasteiger partial charge < -0.3 is 10.0 Å². The van der Waals surface area contributed by atoms with E-state index >= 15 is 0 Å². The molecule has 3 rings (SSSR count). The lowest BCUT2D eigenvalue weighted by molar-refractivity contribution is -0.141. The SMILES string of the molecule is Cc1ccc(Cc2nc(C(=O)N3CCCC3C(=O)O)cs2)cc1. The summed E-state index contributed by atoms with van der Waals surface area (Å²) in [5.74, 6) is -1.22. The van der Waals surface area contributed by atoms with Crippen molar-refractivity contribution in [1.82, 2.24) is 9.88 Å². The molecule has 2 heterocycles. The van der Waals surface area contributed by atoms with Gasteiger partial charge >= 0.3 is 5.97 Å². The molecule has 1 atom stereocenters. The molecule has 0 saturated carbocycles. The first-order valence-corrected chi connectivity index (χ1v) is 8.46. The fourth-order valence-electron chi connectivity index (χ4n) is 2.78. The van der Waals surface area contributed by atoms with E-state index in [1.807, 2.05) is 6.92 Å². The number of benzene rings is 1. The summed E-state index contributed by atoms with van der Waals surface area (Å²) in [6, 6.07) is 7.50. The van der Waals surface area contributed by atoms with Crippen LogP contribution in [0.5, 0.6) is 0 Å². The zero-order chi connectivity index (χ0) is 16.4. The summed E-state index contributed by atoms with van der Waals surface area (Å²) in [6.07, 6.45) is 1.92. The number of nitrogens with zero attached hydrogens (tertiary/aromatic N) is 2. The molecule has 0 spiro atoms. The smallest absolute Gasteiger partial charge is 0.326 e. The lowest BCUT2D eigenvalue weighted by Crippen LogP contribution is -2.40. The van der Waals surface area contributed by atoms with E-state index in [1.165, 1.54) is 21.8 Å². The lowest BCUT2D eigenvalue weighted by atomic mass is 10.1. The minimum absolute atomic E-state index is 0.277. The number of carbonyl (C=O) groups excluding carboxylic acids is 1. The second-order valence-corrected chi connectivity index (χ2v) is 6.73. The van der Waals surface area contributed by atoms with E-state index in [0.29, 0.717) is 25.1 Å². The number of carboxylic acids is 1. The number of amides is 1. The molecule has 1 aliphatic heterocycles. The van der Waals surface area contributed by atoms with Gasteiger partial charge in [0.1, 0.15) is 11.7 Å². The third kappa shape index (κ3) is 3.42. The van der Waals surface area contributed by atoms with Crippen molar-refractivity contribution in [3.05, 3.63) is 51.5 Å². The minimum Gasteiger partial charge on any atom is -0.480 e. The zero-order valence-corrected chi connectivity index (χ0v) is 13.7. The average molecular weight is 330 g/mol. The first-order chi connectivity index (χ1) is 11.0. The highest BCUT2D eigenvalue weighted by atomic mass is 32.1. The quantitative estimate of drug-likeness (QED) is 0.936. The van der Waals surface area contributed by atoms with Crippen LogP contribution in [-0.2, 0) is 11.2 Å². The number of thiazole rings is 1. The molecule has 0 bridgehead atoms. The number of rotatable bonds is 4. The normalized spacial score (nSPS) is 17.4. The molecular formula is C17H18N2O3S. The number of aliphatic carboxylic acids is 1. The van der Waals surface area contributed by atoms with Crippen LogP contribution >= 0.6 is 11.3 Å². The molecule has 0 aliphatic carbocycles. The van der Waals surface area contributed by atoms with E-state index in [2.05, 4.69) is 29.2 Å². The van der Waals surface area contributed by atoms with E-state index in [9.17, 15) is 14.7 Å². The number of likely N-dealkylation sites (tertiary alicyclic amines) is 1. The Morgan fingerprint density at radius 3 is 2.78 bits per heavy atom. The Balaban J connectivity index is 1.72. The molecule has 23 heavy (non-hydrogen) atoms. The van der Waals surface area contributed by atoms with Crippen LogP contribution in [0.1, 0.15) is 39.5 Å².